The summed E-state index contributed by atoms with van der Waals surface area (Å²) in [5, 5.41) is 10.2. The molecule has 2 aliphatic rings. The zero-order valence-corrected chi connectivity index (χ0v) is 9.27. The standard InChI is InChI=1S/C13H20O/c1-9-8-10-6-4-5-7-11(10)13(2,3)12(9)14/h4-7,9-12,14H,8H2,1-3H3. The fourth-order valence-electron chi connectivity index (χ4n) is 3.17. The molecule has 0 heterocycles. The molecule has 0 radical (unpaired) electrons. The zero-order valence-electron chi connectivity index (χ0n) is 9.27. The Labute approximate surface area is 86.5 Å². The maximum Gasteiger partial charge on any atom is 0.0622 e. The van der Waals surface area contributed by atoms with Crippen LogP contribution in [0.1, 0.15) is 27.2 Å². The van der Waals surface area contributed by atoms with Gasteiger partial charge in [0.25, 0.3) is 0 Å². The van der Waals surface area contributed by atoms with E-state index in [4.69, 9.17) is 0 Å². The minimum absolute atomic E-state index is 0.0175. The number of aliphatic hydroxyl groups is 1. The van der Waals surface area contributed by atoms with Crippen LogP contribution in [0.5, 0.6) is 0 Å². The van der Waals surface area contributed by atoms with Crippen LogP contribution in [0.25, 0.3) is 0 Å². The van der Waals surface area contributed by atoms with Crippen LogP contribution in [0.15, 0.2) is 24.3 Å². The summed E-state index contributed by atoms with van der Waals surface area (Å²) in [6.45, 7) is 6.54. The molecule has 0 amide bonds. The summed E-state index contributed by atoms with van der Waals surface area (Å²) < 4.78 is 0. The lowest BCUT2D eigenvalue weighted by Crippen LogP contribution is -2.48. The third-order valence-corrected chi connectivity index (χ3v) is 4.05. The summed E-state index contributed by atoms with van der Waals surface area (Å²) >= 11 is 0. The highest BCUT2D eigenvalue weighted by atomic mass is 16.3. The van der Waals surface area contributed by atoms with Gasteiger partial charge in [-0.1, -0.05) is 45.1 Å². The molecule has 14 heavy (non-hydrogen) atoms. The Morgan fingerprint density at radius 1 is 1.21 bits per heavy atom. The fourth-order valence-corrected chi connectivity index (χ4v) is 3.17. The average Bonchev–Trinajstić information content (AvgIpc) is 2.15. The maximum absolute atomic E-state index is 10.2. The molecule has 78 valence electrons. The lowest BCUT2D eigenvalue weighted by Gasteiger charge is -2.49. The molecule has 0 saturated heterocycles. The molecule has 0 aromatic heterocycles. The van der Waals surface area contributed by atoms with Crippen LogP contribution in [0.2, 0.25) is 0 Å². The van der Waals surface area contributed by atoms with Crippen LogP contribution in [-0.4, -0.2) is 11.2 Å². The van der Waals surface area contributed by atoms with Gasteiger partial charge in [-0.05, 0) is 29.6 Å². The first-order valence-electron chi connectivity index (χ1n) is 5.56. The van der Waals surface area contributed by atoms with Crippen LogP contribution in [0.3, 0.4) is 0 Å². The van der Waals surface area contributed by atoms with Gasteiger partial charge in [-0.25, -0.2) is 0 Å². The molecule has 0 aliphatic heterocycles. The monoisotopic (exact) mass is 192 g/mol. The van der Waals surface area contributed by atoms with Gasteiger partial charge in [-0.2, -0.15) is 0 Å². The van der Waals surface area contributed by atoms with Gasteiger partial charge in [-0.15, -0.1) is 0 Å². The van der Waals surface area contributed by atoms with Crippen LogP contribution in [-0.2, 0) is 0 Å². The molecular weight excluding hydrogens is 172 g/mol. The van der Waals surface area contributed by atoms with E-state index in [1.807, 2.05) is 0 Å². The predicted molar refractivity (Wildman–Crippen MR) is 58.8 cm³/mol. The average molecular weight is 192 g/mol. The smallest absolute Gasteiger partial charge is 0.0622 e. The molecule has 2 aliphatic carbocycles. The van der Waals surface area contributed by atoms with Gasteiger partial charge < -0.3 is 5.11 Å². The Hall–Kier alpha value is -0.560. The van der Waals surface area contributed by atoms with Gasteiger partial charge in [0.1, 0.15) is 0 Å². The molecular formula is C13H20O. The number of hydrogen-bond donors (Lipinski definition) is 1. The number of hydrogen-bond acceptors (Lipinski definition) is 1. The number of aliphatic hydroxyl groups excluding tert-OH is 1. The van der Waals surface area contributed by atoms with Crippen molar-refractivity contribution in [2.24, 2.45) is 23.2 Å². The van der Waals surface area contributed by atoms with Crippen molar-refractivity contribution in [2.45, 2.75) is 33.3 Å². The Bertz CT molecular complexity index is 275. The first kappa shape index (κ1) is 9.97. The second-order valence-corrected chi connectivity index (χ2v) is 5.44. The molecule has 0 bridgehead atoms. The van der Waals surface area contributed by atoms with Crippen LogP contribution >= 0.6 is 0 Å². The third-order valence-electron chi connectivity index (χ3n) is 4.05. The lowest BCUT2D eigenvalue weighted by atomic mass is 9.58. The largest absolute Gasteiger partial charge is 0.392 e. The summed E-state index contributed by atoms with van der Waals surface area (Å²) in [5.41, 5.74) is 0.0175. The van der Waals surface area contributed by atoms with E-state index in [1.54, 1.807) is 0 Å². The Morgan fingerprint density at radius 3 is 2.57 bits per heavy atom. The second kappa shape index (κ2) is 3.23. The molecule has 1 fully saturated rings. The van der Waals surface area contributed by atoms with Crippen LogP contribution in [0.4, 0.5) is 0 Å². The summed E-state index contributed by atoms with van der Waals surface area (Å²) in [7, 11) is 0. The van der Waals surface area contributed by atoms with Crippen molar-refractivity contribution in [3.8, 4) is 0 Å². The molecule has 1 heteroatoms. The van der Waals surface area contributed by atoms with Crippen molar-refractivity contribution in [1.82, 2.24) is 0 Å². The van der Waals surface area contributed by atoms with E-state index in [0.29, 0.717) is 17.8 Å². The van der Waals surface area contributed by atoms with Crippen LogP contribution in [0, 0.1) is 23.2 Å². The first-order chi connectivity index (χ1) is 6.53. The van der Waals surface area contributed by atoms with Gasteiger partial charge >= 0.3 is 0 Å². The lowest BCUT2D eigenvalue weighted by molar-refractivity contribution is -0.0658. The summed E-state index contributed by atoms with van der Waals surface area (Å²) in [4.78, 5) is 0. The topological polar surface area (TPSA) is 20.2 Å². The van der Waals surface area contributed by atoms with E-state index in [9.17, 15) is 5.11 Å². The fraction of sp³-hybridized carbons (Fsp3) is 0.692. The van der Waals surface area contributed by atoms with Gasteiger partial charge in [0.2, 0.25) is 0 Å². The van der Waals surface area contributed by atoms with Crippen molar-refractivity contribution in [3.63, 3.8) is 0 Å². The minimum Gasteiger partial charge on any atom is -0.392 e. The van der Waals surface area contributed by atoms with E-state index in [1.165, 1.54) is 0 Å². The summed E-state index contributed by atoms with van der Waals surface area (Å²) in [6, 6.07) is 0. The number of allylic oxidation sites excluding steroid dienone is 4. The van der Waals surface area contributed by atoms with E-state index >= 15 is 0 Å². The second-order valence-electron chi connectivity index (χ2n) is 5.44. The SMILES string of the molecule is CC1CC2C=CC=CC2C(C)(C)C1O. The molecule has 0 spiro atoms. The van der Waals surface area contributed by atoms with Crippen molar-refractivity contribution >= 4 is 0 Å². The van der Waals surface area contributed by atoms with Crippen LogP contribution < -0.4 is 0 Å². The number of fused-ring (bicyclic) bond motifs is 1. The van der Waals surface area contributed by atoms with Crippen molar-refractivity contribution in [3.05, 3.63) is 24.3 Å². The molecule has 2 rings (SSSR count). The number of rotatable bonds is 0. The minimum atomic E-state index is -0.167. The molecule has 0 aromatic rings. The highest BCUT2D eigenvalue weighted by molar-refractivity contribution is 5.19. The Morgan fingerprint density at radius 2 is 1.86 bits per heavy atom. The molecule has 1 nitrogen and oxygen atoms in total. The van der Waals surface area contributed by atoms with E-state index < -0.39 is 0 Å². The van der Waals surface area contributed by atoms with Gasteiger partial charge in [0.05, 0.1) is 6.10 Å². The Kier molecular flexibility index (Phi) is 2.30. The normalized spacial score (nSPS) is 44.9. The Balaban J connectivity index is 2.30. The van der Waals surface area contributed by atoms with E-state index in [-0.39, 0.29) is 11.5 Å². The summed E-state index contributed by atoms with van der Waals surface area (Å²) in [6.07, 6.45) is 9.78. The molecule has 1 N–H and O–H groups in total. The van der Waals surface area contributed by atoms with E-state index in [2.05, 4.69) is 45.1 Å². The highest BCUT2D eigenvalue weighted by Gasteiger charge is 2.46. The van der Waals surface area contributed by atoms with Gasteiger partial charge in [0.15, 0.2) is 0 Å². The maximum atomic E-state index is 10.2. The van der Waals surface area contributed by atoms with Crippen molar-refractivity contribution < 1.29 is 5.11 Å². The molecule has 4 unspecified atom stereocenters. The molecule has 1 saturated carbocycles. The van der Waals surface area contributed by atoms with E-state index in [0.717, 1.165) is 6.42 Å². The van der Waals surface area contributed by atoms with Gasteiger partial charge in [0, 0.05) is 0 Å². The highest BCUT2D eigenvalue weighted by Crippen LogP contribution is 2.48. The van der Waals surface area contributed by atoms with Crippen molar-refractivity contribution in [2.75, 3.05) is 0 Å². The quantitative estimate of drug-likeness (QED) is 0.625. The first-order valence-corrected chi connectivity index (χ1v) is 5.56. The van der Waals surface area contributed by atoms with Gasteiger partial charge in [-0.3, -0.25) is 0 Å². The third kappa shape index (κ3) is 1.35. The molecule has 0 aromatic carbocycles. The summed E-state index contributed by atoms with van der Waals surface area (Å²) in [5.74, 6) is 1.56. The predicted octanol–water partition coefficient (Wildman–Crippen LogP) is 2.77. The zero-order chi connectivity index (χ0) is 10.3. The van der Waals surface area contributed by atoms with Crippen molar-refractivity contribution in [1.29, 1.82) is 0 Å². The molecule has 4 atom stereocenters.